The highest BCUT2D eigenvalue weighted by atomic mass is 32.1. The third-order valence-electron chi connectivity index (χ3n) is 4.22. The second-order valence-electron chi connectivity index (χ2n) is 6.17. The van der Waals surface area contributed by atoms with Gasteiger partial charge in [0.1, 0.15) is 11.6 Å². The minimum atomic E-state index is -0.737. The molecule has 0 saturated heterocycles. The van der Waals surface area contributed by atoms with Crippen molar-refractivity contribution in [3.05, 3.63) is 30.1 Å². The molecule has 1 aliphatic rings. The van der Waals surface area contributed by atoms with Crippen molar-refractivity contribution in [3.8, 4) is 5.75 Å². The van der Waals surface area contributed by atoms with Crippen molar-refractivity contribution in [1.29, 1.82) is 0 Å². The summed E-state index contributed by atoms with van der Waals surface area (Å²) >= 11 is 5.22. The van der Waals surface area contributed by atoms with Crippen LogP contribution in [-0.2, 0) is 4.79 Å². The van der Waals surface area contributed by atoms with E-state index in [1.807, 2.05) is 0 Å². The first-order valence-corrected chi connectivity index (χ1v) is 8.65. The quantitative estimate of drug-likeness (QED) is 0.574. The molecule has 0 unspecified atom stereocenters. The zero-order valence-corrected chi connectivity index (χ0v) is 14.8. The fourth-order valence-corrected chi connectivity index (χ4v) is 2.93. The van der Waals surface area contributed by atoms with Crippen LogP contribution in [0.4, 0.5) is 4.39 Å². The molecule has 24 heavy (non-hydrogen) atoms. The minimum absolute atomic E-state index is 0.337. The van der Waals surface area contributed by atoms with E-state index in [-0.39, 0.29) is 11.7 Å². The van der Waals surface area contributed by atoms with E-state index in [0.717, 1.165) is 6.42 Å². The highest BCUT2D eigenvalue weighted by molar-refractivity contribution is 7.80. The fourth-order valence-electron chi connectivity index (χ4n) is 2.73. The van der Waals surface area contributed by atoms with Crippen molar-refractivity contribution in [2.24, 2.45) is 5.92 Å². The first-order chi connectivity index (χ1) is 11.5. The van der Waals surface area contributed by atoms with E-state index < -0.39 is 6.10 Å². The Morgan fingerprint density at radius 1 is 1.25 bits per heavy atom. The van der Waals surface area contributed by atoms with Gasteiger partial charge in [0.2, 0.25) is 0 Å². The van der Waals surface area contributed by atoms with Crippen LogP contribution < -0.4 is 20.9 Å². The second-order valence-corrected chi connectivity index (χ2v) is 6.58. The topological polar surface area (TPSA) is 62.4 Å². The van der Waals surface area contributed by atoms with Gasteiger partial charge in [-0.1, -0.05) is 19.8 Å². The lowest BCUT2D eigenvalue weighted by atomic mass is 9.86. The molecule has 1 saturated carbocycles. The molecule has 1 amide bonds. The lowest BCUT2D eigenvalue weighted by Gasteiger charge is -2.30. The highest BCUT2D eigenvalue weighted by Crippen LogP contribution is 2.23. The van der Waals surface area contributed by atoms with Gasteiger partial charge in [0.05, 0.1) is 0 Å². The van der Waals surface area contributed by atoms with E-state index in [2.05, 4.69) is 23.1 Å². The normalized spacial score (nSPS) is 21.5. The Labute approximate surface area is 147 Å². The molecule has 2 rings (SSSR count). The average molecular weight is 353 g/mol. The van der Waals surface area contributed by atoms with Crippen molar-refractivity contribution in [3.63, 3.8) is 0 Å². The van der Waals surface area contributed by atoms with Gasteiger partial charge in [-0.25, -0.2) is 4.39 Å². The lowest BCUT2D eigenvalue weighted by molar-refractivity contribution is -0.127. The summed E-state index contributed by atoms with van der Waals surface area (Å²) in [6, 6.07) is 5.85. The molecule has 3 atom stereocenters. The van der Waals surface area contributed by atoms with Gasteiger partial charge in [0, 0.05) is 6.04 Å². The van der Waals surface area contributed by atoms with Gasteiger partial charge >= 0.3 is 0 Å². The standard InChI is InChI=1S/C17H24FN3O2S/c1-11-5-3-4-6-15(11)19-17(24)21-20-16(22)12(2)23-14-9-7-13(18)8-10-14/h7-12,15H,3-6H2,1-2H3,(H,20,22)(H2,19,21,24)/t11-,12+,15+/m0/s1. The third kappa shape index (κ3) is 5.63. The molecule has 7 heteroatoms. The second kappa shape index (κ2) is 8.82. The van der Waals surface area contributed by atoms with Crippen LogP contribution in [-0.4, -0.2) is 23.2 Å². The number of ether oxygens (including phenoxy) is 1. The zero-order valence-electron chi connectivity index (χ0n) is 14.0. The number of rotatable bonds is 4. The third-order valence-corrected chi connectivity index (χ3v) is 4.44. The molecule has 0 heterocycles. The van der Waals surface area contributed by atoms with Crippen molar-refractivity contribution < 1.29 is 13.9 Å². The maximum atomic E-state index is 12.8. The largest absolute Gasteiger partial charge is 0.481 e. The molecular weight excluding hydrogens is 329 g/mol. The molecule has 0 bridgehead atoms. The first-order valence-electron chi connectivity index (χ1n) is 8.24. The number of carbonyl (C=O) groups excluding carboxylic acids is 1. The number of carbonyl (C=O) groups is 1. The number of hydrogen-bond acceptors (Lipinski definition) is 3. The SMILES string of the molecule is C[C@@H](Oc1ccc(F)cc1)C(=O)NNC(=S)N[C@@H]1CCCC[C@@H]1C. The van der Waals surface area contributed by atoms with Gasteiger partial charge in [-0.15, -0.1) is 0 Å². The van der Waals surface area contributed by atoms with Gasteiger partial charge in [0.25, 0.3) is 5.91 Å². The summed E-state index contributed by atoms with van der Waals surface area (Å²) in [5.41, 5.74) is 5.23. The van der Waals surface area contributed by atoms with Gasteiger partial charge < -0.3 is 10.1 Å². The van der Waals surface area contributed by atoms with Crippen molar-refractivity contribution in [1.82, 2.24) is 16.2 Å². The van der Waals surface area contributed by atoms with Crippen molar-refractivity contribution >= 4 is 23.2 Å². The number of thiocarbonyl (C=S) groups is 1. The predicted octanol–water partition coefficient (Wildman–Crippen LogP) is 2.67. The average Bonchev–Trinajstić information content (AvgIpc) is 2.57. The smallest absolute Gasteiger partial charge is 0.279 e. The van der Waals surface area contributed by atoms with Crippen molar-refractivity contribution in [2.45, 2.75) is 51.7 Å². The van der Waals surface area contributed by atoms with Gasteiger partial charge in [-0.05, 0) is 62.2 Å². The number of amides is 1. The Hall–Kier alpha value is -1.89. The highest BCUT2D eigenvalue weighted by Gasteiger charge is 2.22. The van der Waals surface area contributed by atoms with E-state index >= 15 is 0 Å². The van der Waals surface area contributed by atoms with E-state index in [9.17, 15) is 9.18 Å². The first kappa shape index (κ1) is 18.4. The van der Waals surface area contributed by atoms with E-state index in [0.29, 0.717) is 22.8 Å². The molecule has 0 aliphatic heterocycles. The molecule has 1 aromatic rings. The van der Waals surface area contributed by atoms with E-state index in [1.54, 1.807) is 6.92 Å². The van der Waals surface area contributed by atoms with Crippen LogP contribution in [0, 0.1) is 11.7 Å². The summed E-state index contributed by atoms with van der Waals surface area (Å²) in [7, 11) is 0. The molecule has 132 valence electrons. The fraction of sp³-hybridized carbons (Fsp3) is 0.529. The van der Waals surface area contributed by atoms with E-state index in [1.165, 1.54) is 43.5 Å². The van der Waals surface area contributed by atoms with Gasteiger partial charge in [-0.2, -0.15) is 0 Å². The Bertz CT molecular complexity index is 567. The van der Waals surface area contributed by atoms with Gasteiger partial charge in [0.15, 0.2) is 11.2 Å². The van der Waals surface area contributed by atoms with Crippen LogP contribution in [0.5, 0.6) is 5.75 Å². The summed E-state index contributed by atoms with van der Waals surface area (Å²) in [4.78, 5) is 12.0. The van der Waals surface area contributed by atoms with Gasteiger partial charge in [-0.3, -0.25) is 15.6 Å². The molecular formula is C17H24FN3O2S. The Balaban J connectivity index is 1.73. The lowest BCUT2D eigenvalue weighted by Crippen LogP contribution is -2.53. The summed E-state index contributed by atoms with van der Waals surface area (Å²) in [5.74, 6) is 0.278. The summed E-state index contributed by atoms with van der Waals surface area (Å²) in [5, 5.41) is 3.64. The van der Waals surface area contributed by atoms with Crippen LogP contribution in [0.15, 0.2) is 24.3 Å². The predicted molar refractivity (Wildman–Crippen MR) is 94.9 cm³/mol. The molecule has 0 radical (unpaired) electrons. The molecule has 1 aromatic carbocycles. The van der Waals surface area contributed by atoms with Crippen molar-refractivity contribution in [2.75, 3.05) is 0 Å². The van der Waals surface area contributed by atoms with Crippen LogP contribution in [0.2, 0.25) is 0 Å². The minimum Gasteiger partial charge on any atom is -0.481 e. The number of hydrogen-bond donors (Lipinski definition) is 3. The molecule has 5 nitrogen and oxygen atoms in total. The Kier molecular flexibility index (Phi) is 6.78. The molecule has 0 spiro atoms. The van der Waals surface area contributed by atoms with E-state index in [4.69, 9.17) is 17.0 Å². The number of nitrogens with one attached hydrogen (secondary N) is 3. The maximum absolute atomic E-state index is 12.8. The van der Waals surface area contributed by atoms with Crippen LogP contribution in [0.3, 0.4) is 0 Å². The molecule has 1 aliphatic carbocycles. The molecule has 0 aromatic heterocycles. The number of hydrazine groups is 1. The summed E-state index contributed by atoms with van der Waals surface area (Å²) in [6.45, 7) is 3.82. The zero-order chi connectivity index (χ0) is 17.5. The van der Waals surface area contributed by atoms with Crippen LogP contribution >= 0.6 is 12.2 Å². The number of halogens is 1. The Morgan fingerprint density at radius 2 is 1.92 bits per heavy atom. The molecule has 1 fully saturated rings. The summed E-state index contributed by atoms with van der Waals surface area (Å²) < 4.78 is 18.3. The van der Waals surface area contributed by atoms with Crippen LogP contribution in [0.25, 0.3) is 0 Å². The van der Waals surface area contributed by atoms with Crippen LogP contribution in [0.1, 0.15) is 39.5 Å². The number of benzene rings is 1. The Morgan fingerprint density at radius 3 is 2.58 bits per heavy atom. The summed E-state index contributed by atoms with van der Waals surface area (Å²) in [6.07, 6.45) is 3.99. The monoisotopic (exact) mass is 353 g/mol. The maximum Gasteiger partial charge on any atom is 0.279 e. The molecule has 3 N–H and O–H groups in total.